The van der Waals surface area contributed by atoms with Gasteiger partial charge in [-0.25, -0.2) is 4.98 Å². The molecule has 6 heteroatoms. The van der Waals surface area contributed by atoms with E-state index in [1.807, 2.05) is 6.92 Å². The monoisotopic (exact) mass is 225 g/mol. The maximum atomic E-state index is 11.7. The van der Waals surface area contributed by atoms with Crippen LogP contribution in [0.2, 0.25) is 0 Å². The van der Waals surface area contributed by atoms with E-state index < -0.39 is 5.97 Å². The average Bonchev–Trinajstić information content (AvgIpc) is 2.62. The predicted octanol–water partition coefficient (Wildman–Crippen LogP) is 0.403. The van der Waals surface area contributed by atoms with Crippen LogP contribution < -0.4 is 5.32 Å². The maximum Gasteiger partial charge on any atom is 0.305 e. The zero-order valence-electron chi connectivity index (χ0n) is 9.30. The second-order valence-corrected chi connectivity index (χ2v) is 3.57. The molecule has 0 aromatic carbocycles. The summed E-state index contributed by atoms with van der Waals surface area (Å²) in [5.74, 6) is -1.22. The van der Waals surface area contributed by atoms with Crippen LogP contribution in [0, 0.1) is 0 Å². The van der Waals surface area contributed by atoms with Gasteiger partial charge in [-0.15, -0.1) is 0 Å². The van der Waals surface area contributed by atoms with E-state index in [-0.39, 0.29) is 18.4 Å². The van der Waals surface area contributed by atoms with Crippen molar-refractivity contribution in [1.82, 2.24) is 14.9 Å². The van der Waals surface area contributed by atoms with Crippen LogP contribution in [0.1, 0.15) is 30.3 Å². The van der Waals surface area contributed by atoms with Gasteiger partial charge >= 0.3 is 5.97 Å². The van der Waals surface area contributed by atoms with Crippen molar-refractivity contribution in [1.29, 1.82) is 0 Å². The lowest BCUT2D eigenvalue weighted by Crippen LogP contribution is -2.36. The quantitative estimate of drug-likeness (QED) is 0.759. The smallest absolute Gasteiger partial charge is 0.305 e. The summed E-state index contributed by atoms with van der Waals surface area (Å²) in [4.78, 5) is 26.1. The summed E-state index contributed by atoms with van der Waals surface area (Å²) >= 11 is 0. The third-order valence-corrected chi connectivity index (χ3v) is 2.30. The molecule has 0 saturated carbocycles. The van der Waals surface area contributed by atoms with Crippen molar-refractivity contribution in [3.05, 3.63) is 18.2 Å². The Hall–Kier alpha value is -1.85. The molecule has 0 fully saturated rings. The number of nitrogens with zero attached hydrogens (tertiary/aromatic N) is 2. The topological polar surface area (TPSA) is 84.2 Å². The van der Waals surface area contributed by atoms with Crippen LogP contribution in [0.25, 0.3) is 0 Å². The Morgan fingerprint density at radius 3 is 2.75 bits per heavy atom. The number of carboxylic acids is 1. The third-order valence-electron chi connectivity index (χ3n) is 2.30. The van der Waals surface area contributed by atoms with Gasteiger partial charge < -0.3 is 15.0 Å². The van der Waals surface area contributed by atoms with Gasteiger partial charge in [-0.05, 0) is 6.42 Å². The molecule has 0 bridgehead atoms. The van der Waals surface area contributed by atoms with Crippen molar-refractivity contribution < 1.29 is 14.7 Å². The Kier molecular flexibility index (Phi) is 4.04. The lowest BCUT2D eigenvalue weighted by atomic mass is 10.1. The van der Waals surface area contributed by atoms with E-state index in [9.17, 15) is 9.59 Å². The highest BCUT2D eigenvalue weighted by atomic mass is 16.4. The summed E-state index contributed by atoms with van der Waals surface area (Å²) in [6.07, 6.45) is 3.48. The van der Waals surface area contributed by atoms with E-state index in [4.69, 9.17) is 5.11 Å². The van der Waals surface area contributed by atoms with E-state index in [1.165, 1.54) is 12.5 Å². The summed E-state index contributed by atoms with van der Waals surface area (Å²) in [7, 11) is 1.71. The zero-order valence-corrected chi connectivity index (χ0v) is 9.30. The molecule has 1 heterocycles. The number of rotatable bonds is 5. The maximum absolute atomic E-state index is 11.7. The molecule has 0 aliphatic carbocycles. The van der Waals surface area contributed by atoms with E-state index in [0.717, 1.165) is 0 Å². The first-order chi connectivity index (χ1) is 7.54. The summed E-state index contributed by atoms with van der Waals surface area (Å²) in [6, 6.07) is -0.347. The van der Waals surface area contributed by atoms with E-state index in [0.29, 0.717) is 12.1 Å². The highest BCUT2D eigenvalue weighted by Gasteiger charge is 2.16. The number of aryl methyl sites for hydroxylation is 1. The molecule has 2 N–H and O–H groups in total. The van der Waals surface area contributed by atoms with Gasteiger partial charge in [0, 0.05) is 13.1 Å². The number of hydrogen-bond acceptors (Lipinski definition) is 3. The van der Waals surface area contributed by atoms with Crippen LogP contribution in [0.3, 0.4) is 0 Å². The molecule has 88 valence electrons. The van der Waals surface area contributed by atoms with Crippen LogP contribution in [-0.4, -0.2) is 32.6 Å². The number of carboxylic acid groups (broad SMARTS) is 1. The molecule has 1 amide bonds. The summed E-state index contributed by atoms with van der Waals surface area (Å²) in [6.45, 7) is 1.83. The van der Waals surface area contributed by atoms with Crippen LogP contribution in [0.15, 0.2) is 12.5 Å². The molecule has 1 rings (SSSR count). The summed E-state index contributed by atoms with van der Waals surface area (Å²) < 4.78 is 1.59. The minimum atomic E-state index is -0.919. The largest absolute Gasteiger partial charge is 0.481 e. The normalized spacial score (nSPS) is 12.1. The van der Waals surface area contributed by atoms with Crippen molar-refractivity contribution in [2.24, 2.45) is 7.05 Å². The number of aliphatic carboxylic acids is 1. The fourth-order valence-corrected chi connectivity index (χ4v) is 1.34. The number of nitrogens with one attached hydrogen (secondary N) is 1. The lowest BCUT2D eigenvalue weighted by molar-refractivity contribution is -0.137. The Morgan fingerprint density at radius 1 is 1.62 bits per heavy atom. The van der Waals surface area contributed by atoms with Gasteiger partial charge in [-0.3, -0.25) is 9.59 Å². The molecule has 0 aliphatic heterocycles. The lowest BCUT2D eigenvalue weighted by Gasteiger charge is -2.14. The van der Waals surface area contributed by atoms with E-state index in [1.54, 1.807) is 11.6 Å². The molecular weight excluding hydrogens is 210 g/mol. The van der Waals surface area contributed by atoms with Crippen molar-refractivity contribution >= 4 is 11.9 Å². The van der Waals surface area contributed by atoms with Gasteiger partial charge in [0.2, 0.25) is 0 Å². The molecule has 0 spiro atoms. The first-order valence-corrected chi connectivity index (χ1v) is 5.03. The molecule has 1 unspecified atom stereocenters. The van der Waals surface area contributed by atoms with Crippen molar-refractivity contribution in [3.8, 4) is 0 Å². The van der Waals surface area contributed by atoms with Crippen LogP contribution in [0.5, 0.6) is 0 Å². The summed E-state index contributed by atoms with van der Waals surface area (Å²) in [5, 5.41) is 11.3. The van der Waals surface area contributed by atoms with E-state index in [2.05, 4.69) is 10.3 Å². The number of amides is 1. The Balaban J connectivity index is 2.62. The Bertz CT molecular complexity index is 386. The van der Waals surface area contributed by atoms with Crippen LogP contribution in [0.4, 0.5) is 0 Å². The van der Waals surface area contributed by atoms with Crippen LogP contribution in [-0.2, 0) is 11.8 Å². The number of carbonyl (C=O) groups excluding carboxylic acids is 1. The second kappa shape index (κ2) is 5.29. The third kappa shape index (κ3) is 3.08. The molecule has 1 aromatic heterocycles. The molecule has 1 aromatic rings. The molecule has 0 saturated heterocycles. The van der Waals surface area contributed by atoms with Crippen LogP contribution >= 0.6 is 0 Å². The van der Waals surface area contributed by atoms with Gasteiger partial charge in [0.1, 0.15) is 5.69 Å². The average molecular weight is 225 g/mol. The first-order valence-electron chi connectivity index (χ1n) is 5.03. The predicted molar refractivity (Wildman–Crippen MR) is 57.0 cm³/mol. The molecule has 6 nitrogen and oxygen atoms in total. The zero-order chi connectivity index (χ0) is 12.1. The molecule has 16 heavy (non-hydrogen) atoms. The number of hydrogen-bond donors (Lipinski definition) is 2. The fourth-order valence-electron chi connectivity index (χ4n) is 1.34. The van der Waals surface area contributed by atoms with Gasteiger partial charge in [0.25, 0.3) is 5.91 Å². The summed E-state index contributed by atoms with van der Waals surface area (Å²) in [5.41, 5.74) is 0.420. The SMILES string of the molecule is CCC(CC(=O)O)NC(=O)c1cncn1C. The minimum absolute atomic E-state index is 0.0694. The standard InChI is InChI=1S/C10H15N3O3/c1-3-7(4-9(14)15)12-10(16)8-5-11-6-13(8)2/h5-7H,3-4H2,1-2H3,(H,12,16)(H,14,15). The minimum Gasteiger partial charge on any atom is -0.481 e. The van der Waals surface area contributed by atoms with Crippen molar-refractivity contribution in [3.63, 3.8) is 0 Å². The van der Waals surface area contributed by atoms with Gasteiger partial charge in [-0.1, -0.05) is 6.92 Å². The number of imidazole rings is 1. The Labute approximate surface area is 93.3 Å². The second-order valence-electron chi connectivity index (χ2n) is 3.57. The fraction of sp³-hybridized carbons (Fsp3) is 0.500. The van der Waals surface area contributed by atoms with Crippen molar-refractivity contribution in [2.75, 3.05) is 0 Å². The Morgan fingerprint density at radius 2 is 2.31 bits per heavy atom. The number of carbonyl (C=O) groups is 2. The first kappa shape index (κ1) is 12.2. The van der Waals surface area contributed by atoms with Gasteiger partial charge in [0.05, 0.1) is 18.9 Å². The molecule has 1 atom stereocenters. The molecule has 0 aliphatic rings. The van der Waals surface area contributed by atoms with Gasteiger partial charge in [0.15, 0.2) is 0 Å². The number of aromatic nitrogens is 2. The molecular formula is C10H15N3O3. The highest BCUT2D eigenvalue weighted by Crippen LogP contribution is 2.01. The van der Waals surface area contributed by atoms with E-state index >= 15 is 0 Å². The van der Waals surface area contributed by atoms with Gasteiger partial charge in [-0.2, -0.15) is 0 Å². The van der Waals surface area contributed by atoms with Crippen molar-refractivity contribution in [2.45, 2.75) is 25.8 Å². The molecule has 0 radical (unpaired) electrons. The highest BCUT2D eigenvalue weighted by molar-refractivity contribution is 5.92.